The number of rotatable bonds is 5. The molecule has 2 aromatic heterocycles. The number of hydrogen-bond acceptors (Lipinski definition) is 5. The molecule has 2 fully saturated rings. The van der Waals surface area contributed by atoms with Crippen molar-refractivity contribution in [1.82, 2.24) is 9.97 Å². The van der Waals surface area contributed by atoms with Crippen LogP contribution in [0, 0.1) is 19.3 Å². The second kappa shape index (κ2) is 8.47. The summed E-state index contributed by atoms with van der Waals surface area (Å²) in [7, 11) is 0. The summed E-state index contributed by atoms with van der Waals surface area (Å²) in [5, 5.41) is 0.268. The molecule has 3 heterocycles. The fraction of sp³-hybridized carbons (Fsp3) is 0.240. The summed E-state index contributed by atoms with van der Waals surface area (Å²) in [5.74, 6) is -0.306. The molecule has 170 valence electrons. The van der Waals surface area contributed by atoms with Crippen molar-refractivity contribution in [2.45, 2.75) is 38.3 Å². The minimum atomic E-state index is -0.839. The van der Waals surface area contributed by atoms with Crippen LogP contribution in [-0.4, -0.2) is 26.5 Å². The number of nitrogens with zero attached hydrogens (tertiary/aromatic N) is 5. The van der Waals surface area contributed by atoms with Crippen molar-refractivity contribution in [3.8, 4) is 5.75 Å². The number of halogens is 1. The SMILES string of the molecule is [C-]#[N+]c1ncc(N2C(=O)C3(CCC3)N(c3ccc(OCc4cccnc4)c(F)c3)C2=S)cc1C. The Morgan fingerprint density at radius 2 is 2.06 bits per heavy atom. The van der Waals surface area contributed by atoms with Crippen molar-refractivity contribution >= 4 is 40.4 Å². The van der Waals surface area contributed by atoms with Gasteiger partial charge in [-0.1, -0.05) is 12.6 Å². The zero-order valence-electron chi connectivity index (χ0n) is 18.4. The molecular weight excluding hydrogens is 453 g/mol. The van der Waals surface area contributed by atoms with Crippen LogP contribution in [0.25, 0.3) is 4.85 Å². The standard InChI is InChI=1S/C25H20FN5O2S/c1-16-11-19(14-29-22(16)27-2)30-23(32)25(8-4-9-25)31(24(30)34)18-6-7-21(20(26)12-18)33-15-17-5-3-10-28-13-17/h3,5-7,10-14H,4,8-9,15H2,1H3. The second-order valence-corrected chi connectivity index (χ2v) is 8.72. The number of pyridine rings is 2. The smallest absolute Gasteiger partial charge is 0.272 e. The first-order chi connectivity index (χ1) is 16.4. The monoisotopic (exact) mass is 473 g/mol. The highest BCUT2D eigenvalue weighted by Crippen LogP contribution is 2.48. The maximum Gasteiger partial charge on any atom is 0.272 e. The van der Waals surface area contributed by atoms with Crippen LogP contribution in [-0.2, 0) is 11.4 Å². The Balaban J connectivity index is 1.45. The van der Waals surface area contributed by atoms with Crippen LogP contribution in [0.3, 0.4) is 0 Å². The molecule has 0 radical (unpaired) electrons. The van der Waals surface area contributed by atoms with E-state index in [4.69, 9.17) is 23.5 Å². The van der Waals surface area contributed by atoms with Crippen molar-refractivity contribution < 1.29 is 13.9 Å². The molecule has 2 aliphatic rings. The highest BCUT2D eigenvalue weighted by atomic mass is 32.1. The molecule has 3 aromatic rings. The van der Waals surface area contributed by atoms with E-state index >= 15 is 4.39 Å². The molecule has 1 saturated heterocycles. The molecule has 7 nitrogen and oxygen atoms in total. The van der Waals surface area contributed by atoms with Gasteiger partial charge in [0.1, 0.15) is 18.3 Å². The number of thiocarbonyl (C=S) groups is 1. The average molecular weight is 474 g/mol. The molecule has 1 aromatic carbocycles. The highest BCUT2D eigenvalue weighted by Gasteiger charge is 2.59. The van der Waals surface area contributed by atoms with E-state index in [1.165, 1.54) is 17.2 Å². The Kier molecular flexibility index (Phi) is 5.46. The quantitative estimate of drug-likeness (QED) is 0.379. The molecule has 1 aliphatic heterocycles. The summed E-state index contributed by atoms with van der Waals surface area (Å²) in [6.07, 6.45) is 6.93. The van der Waals surface area contributed by atoms with E-state index in [9.17, 15) is 4.79 Å². The summed E-state index contributed by atoms with van der Waals surface area (Å²) in [4.78, 5) is 28.3. The number of amides is 1. The molecule has 0 unspecified atom stereocenters. The van der Waals surface area contributed by atoms with E-state index < -0.39 is 11.4 Å². The van der Waals surface area contributed by atoms with Crippen LogP contribution in [0.5, 0.6) is 5.75 Å². The lowest BCUT2D eigenvalue weighted by Gasteiger charge is -2.43. The Bertz CT molecular complexity index is 1340. The van der Waals surface area contributed by atoms with E-state index in [1.54, 1.807) is 48.5 Å². The third kappa shape index (κ3) is 3.47. The van der Waals surface area contributed by atoms with Gasteiger partial charge in [-0.25, -0.2) is 4.39 Å². The summed E-state index contributed by atoms with van der Waals surface area (Å²) >= 11 is 5.73. The Morgan fingerprint density at radius 1 is 1.24 bits per heavy atom. The maximum atomic E-state index is 15.0. The van der Waals surface area contributed by atoms with Gasteiger partial charge in [0.25, 0.3) is 11.7 Å². The van der Waals surface area contributed by atoms with Gasteiger partial charge in [-0.3, -0.25) is 14.7 Å². The molecule has 1 saturated carbocycles. The Labute approximate surface area is 201 Å². The van der Waals surface area contributed by atoms with Crippen LogP contribution in [0.2, 0.25) is 0 Å². The molecule has 1 amide bonds. The molecule has 1 spiro atoms. The minimum Gasteiger partial charge on any atom is -0.486 e. The van der Waals surface area contributed by atoms with Crippen LogP contribution < -0.4 is 14.5 Å². The minimum absolute atomic E-state index is 0.109. The first kappa shape index (κ1) is 21.9. The van der Waals surface area contributed by atoms with E-state index in [1.807, 2.05) is 6.07 Å². The van der Waals surface area contributed by atoms with Crippen molar-refractivity contribution in [1.29, 1.82) is 0 Å². The van der Waals surface area contributed by atoms with Gasteiger partial charge >= 0.3 is 0 Å². The average Bonchev–Trinajstić information content (AvgIpc) is 3.05. The topological polar surface area (TPSA) is 62.9 Å². The van der Waals surface area contributed by atoms with Crippen LogP contribution >= 0.6 is 12.2 Å². The van der Waals surface area contributed by atoms with E-state index in [2.05, 4.69) is 14.8 Å². The number of aromatic nitrogens is 2. The molecule has 0 atom stereocenters. The van der Waals surface area contributed by atoms with Gasteiger partial charge in [0.2, 0.25) is 0 Å². The Morgan fingerprint density at radius 3 is 2.68 bits per heavy atom. The van der Waals surface area contributed by atoms with Crippen molar-refractivity contribution in [3.05, 3.63) is 83.4 Å². The van der Waals surface area contributed by atoms with E-state index in [0.29, 0.717) is 29.8 Å². The summed E-state index contributed by atoms with van der Waals surface area (Å²) in [6, 6.07) is 10.0. The first-order valence-electron chi connectivity index (χ1n) is 10.8. The van der Waals surface area contributed by atoms with Gasteiger partial charge in [-0.15, -0.1) is 4.98 Å². The molecule has 34 heavy (non-hydrogen) atoms. The largest absolute Gasteiger partial charge is 0.486 e. The maximum absolute atomic E-state index is 15.0. The number of hydrogen-bond donors (Lipinski definition) is 0. The van der Waals surface area contributed by atoms with Gasteiger partial charge in [-0.05, 0) is 68.2 Å². The highest BCUT2D eigenvalue weighted by molar-refractivity contribution is 7.81. The fourth-order valence-electron chi connectivity index (χ4n) is 4.39. The molecule has 9 heteroatoms. The molecule has 5 rings (SSSR count). The number of aryl methyl sites for hydroxylation is 1. The lowest BCUT2D eigenvalue weighted by atomic mass is 9.75. The lowest BCUT2D eigenvalue weighted by Crippen LogP contribution is -2.55. The van der Waals surface area contributed by atoms with Crippen LogP contribution in [0.15, 0.2) is 55.0 Å². The third-order valence-corrected chi connectivity index (χ3v) is 6.65. The zero-order chi connectivity index (χ0) is 23.9. The van der Waals surface area contributed by atoms with Gasteiger partial charge in [0.05, 0.1) is 5.69 Å². The molecule has 0 bridgehead atoms. The summed E-state index contributed by atoms with van der Waals surface area (Å²) < 4.78 is 20.6. The van der Waals surface area contributed by atoms with Gasteiger partial charge < -0.3 is 14.5 Å². The van der Waals surface area contributed by atoms with Crippen LogP contribution in [0.4, 0.5) is 21.6 Å². The first-order valence-corrected chi connectivity index (χ1v) is 11.2. The summed E-state index contributed by atoms with van der Waals surface area (Å²) in [5.41, 5.74) is 1.65. The number of carbonyl (C=O) groups is 1. The van der Waals surface area contributed by atoms with Gasteiger partial charge in [0, 0.05) is 29.7 Å². The Hall–Kier alpha value is -3.90. The predicted molar refractivity (Wildman–Crippen MR) is 129 cm³/mol. The number of carbonyl (C=O) groups excluding carboxylic acids is 1. The normalized spacial score (nSPS) is 16.5. The molecule has 0 N–H and O–H groups in total. The fourth-order valence-corrected chi connectivity index (χ4v) is 4.86. The van der Waals surface area contributed by atoms with E-state index in [0.717, 1.165) is 12.0 Å². The number of anilines is 2. The van der Waals surface area contributed by atoms with Crippen molar-refractivity contribution in [3.63, 3.8) is 0 Å². The third-order valence-electron chi connectivity index (χ3n) is 6.28. The lowest BCUT2D eigenvalue weighted by molar-refractivity contribution is -0.123. The van der Waals surface area contributed by atoms with Gasteiger partial charge in [-0.2, -0.15) is 0 Å². The van der Waals surface area contributed by atoms with Crippen molar-refractivity contribution in [2.24, 2.45) is 0 Å². The number of ether oxygens (including phenoxy) is 1. The molecular formula is C25H20FN5O2S. The van der Waals surface area contributed by atoms with Gasteiger partial charge in [0.15, 0.2) is 16.7 Å². The predicted octanol–water partition coefficient (Wildman–Crippen LogP) is 5.11. The zero-order valence-corrected chi connectivity index (χ0v) is 19.2. The molecule has 1 aliphatic carbocycles. The van der Waals surface area contributed by atoms with E-state index in [-0.39, 0.29) is 29.2 Å². The summed E-state index contributed by atoms with van der Waals surface area (Å²) in [6.45, 7) is 9.16. The van der Waals surface area contributed by atoms with Crippen molar-refractivity contribution in [2.75, 3.05) is 9.80 Å². The number of benzene rings is 1. The second-order valence-electron chi connectivity index (χ2n) is 8.35. The van der Waals surface area contributed by atoms with Crippen LogP contribution in [0.1, 0.15) is 30.4 Å².